The molecule has 1 heterocycles. The normalized spacial score (nSPS) is 15.9. The number of amides is 1. The SMILES string of the molecule is O=C(NCCCCN1CCOCC1)c1ccc(Cl)cc1Cl. The molecular weight excluding hydrogens is 311 g/mol. The molecule has 0 atom stereocenters. The number of nitrogens with one attached hydrogen (secondary N) is 1. The van der Waals surface area contributed by atoms with E-state index in [1.807, 2.05) is 0 Å². The van der Waals surface area contributed by atoms with Gasteiger partial charge in [0.15, 0.2) is 0 Å². The molecule has 21 heavy (non-hydrogen) atoms. The first-order chi connectivity index (χ1) is 10.2. The number of nitrogens with zero attached hydrogens (tertiary/aromatic N) is 1. The molecule has 6 heteroatoms. The van der Waals surface area contributed by atoms with Crippen molar-refractivity contribution in [3.8, 4) is 0 Å². The molecule has 0 unspecified atom stereocenters. The minimum absolute atomic E-state index is 0.150. The van der Waals surface area contributed by atoms with Crippen LogP contribution >= 0.6 is 23.2 Å². The molecule has 1 amide bonds. The number of halogens is 2. The molecule has 0 aromatic heterocycles. The summed E-state index contributed by atoms with van der Waals surface area (Å²) < 4.78 is 5.31. The summed E-state index contributed by atoms with van der Waals surface area (Å²) in [5, 5.41) is 3.80. The van der Waals surface area contributed by atoms with E-state index in [2.05, 4.69) is 10.2 Å². The van der Waals surface area contributed by atoms with Gasteiger partial charge < -0.3 is 10.1 Å². The number of ether oxygens (including phenoxy) is 1. The second kappa shape index (κ2) is 8.59. The minimum Gasteiger partial charge on any atom is -0.379 e. The third-order valence-electron chi connectivity index (χ3n) is 3.47. The van der Waals surface area contributed by atoms with Crippen molar-refractivity contribution in [2.75, 3.05) is 39.4 Å². The summed E-state index contributed by atoms with van der Waals surface area (Å²) >= 11 is 11.8. The molecule has 0 spiro atoms. The van der Waals surface area contributed by atoms with Gasteiger partial charge in [0, 0.05) is 24.7 Å². The van der Waals surface area contributed by atoms with Gasteiger partial charge in [0.1, 0.15) is 0 Å². The second-order valence-electron chi connectivity index (χ2n) is 5.04. The lowest BCUT2D eigenvalue weighted by atomic mass is 10.2. The van der Waals surface area contributed by atoms with Gasteiger partial charge in [-0.1, -0.05) is 23.2 Å². The van der Waals surface area contributed by atoms with E-state index in [1.165, 1.54) is 0 Å². The Kier molecular flexibility index (Phi) is 6.77. The number of carbonyl (C=O) groups is 1. The molecule has 1 saturated heterocycles. The average molecular weight is 331 g/mol. The molecule has 0 saturated carbocycles. The Bertz CT molecular complexity index is 477. The fourth-order valence-electron chi connectivity index (χ4n) is 2.26. The molecule has 0 radical (unpaired) electrons. The van der Waals surface area contributed by atoms with Gasteiger partial charge >= 0.3 is 0 Å². The van der Waals surface area contributed by atoms with Gasteiger partial charge in [0.2, 0.25) is 0 Å². The molecule has 1 aromatic carbocycles. The molecule has 1 N–H and O–H groups in total. The van der Waals surface area contributed by atoms with Crippen molar-refractivity contribution < 1.29 is 9.53 Å². The highest BCUT2D eigenvalue weighted by Gasteiger charge is 2.11. The Hall–Kier alpha value is -0.810. The monoisotopic (exact) mass is 330 g/mol. The van der Waals surface area contributed by atoms with Gasteiger partial charge in [0.25, 0.3) is 5.91 Å². The van der Waals surface area contributed by atoms with Crippen LogP contribution in [-0.4, -0.2) is 50.2 Å². The predicted octanol–water partition coefficient (Wildman–Crippen LogP) is 2.84. The summed E-state index contributed by atoms with van der Waals surface area (Å²) in [6.07, 6.45) is 2.02. The highest BCUT2D eigenvalue weighted by Crippen LogP contribution is 2.20. The van der Waals surface area contributed by atoms with Gasteiger partial charge in [0.05, 0.1) is 23.8 Å². The lowest BCUT2D eigenvalue weighted by Crippen LogP contribution is -2.37. The molecule has 0 bridgehead atoms. The van der Waals surface area contributed by atoms with Gasteiger partial charge in [-0.2, -0.15) is 0 Å². The first-order valence-electron chi connectivity index (χ1n) is 7.20. The summed E-state index contributed by atoms with van der Waals surface area (Å²) in [6, 6.07) is 4.89. The van der Waals surface area contributed by atoms with Crippen LogP contribution in [0.25, 0.3) is 0 Å². The van der Waals surface area contributed by atoms with Crippen LogP contribution in [0.3, 0.4) is 0 Å². The number of carbonyl (C=O) groups excluding carboxylic acids is 1. The smallest absolute Gasteiger partial charge is 0.252 e. The van der Waals surface area contributed by atoms with Crippen molar-refractivity contribution >= 4 is 29.1 Å². The van der Waals surface area contributed by atoms with E-state index in [1.54, 1.807) is 18.2 Å². The zero-order valence-electron chi connectivity index (χ0n) is 11.9. The van der Waals surface area contributed by atoms with E-state index < -0.39 is 0 Å². The summed E-state index contributed by atoms with van der Waals surface area (Å²) in [5.74, 6) is -0.150. The summed E-state index contributed by atoms with van der Waals surface area (Å²) in [4.78, 5) is 14.4. The van der Waals surface area contributed by atoms with Gasteiger partial charge in [-0.25, -0.2) is 0 Å². The van der Waals surface area contributed by atoms with Crippen LogP contribution in [0.4, 0.5) is 0 Å². The first-order valence-corrected chi connectivity index (χ1v) is 7.96. The molecule has 116 valence electrons. The lowest BCUT2D eigenvalue weighted by molar-refractivity contribution is 0.0372. The molecule has 0 aliphatic carbocycles. The minimum atomic E-state index is -0.150. The topological polar surface area (TPSA) is 41.6 Å². The van der Waals surface area contributed by atoms with Gasteiger partial charge in [-0.05, 0) is 37.6 Å². The van der Waals surface area contributed by atoms with Crippen molar-refractivity contribution in [1.82, 2.24) is 10.2 Å². The van der Waals surface area contributed by atoms with E-state index in [0.717, 1.165) is 45.7 Å². The number of unbranched alkanes of at least 4 members (excludes halogenated alkanes) is 1. The highest BCUT2D eigenvalue weighted by atomic mass is 35.5. The molecule has 1 fully saturated rings. The molecule has 2 rings (SSSR count). The highest BCUT2D eigenvalue weighted by molar-refractivity contribution is 6.36. The Labute approximate surface area is 135 Å². The van der Waals surface area contributed by atoms with E-state index in [0.29, 0.717) is 22.2 Å². The van der Waals surface area contributed by atoms with E-state index in [-0.39, 0.29) is 5.91 Å². The van der Waals surface area contributed by atoms with Crippen LogP contribution in [0.15, 0.2) is 18.2 Å². The summed E-state index contributed by atoms with van der Waals surface area (Å²) in [6.45, 7) is 5.38. The zero-order chi connectivity index (χ0) is 15.1. The predicted molar refractivity (Wildman–Crippen MR) is 85.3 cm³/mol. The van der Waals surface area contributed by atoms with Crippen molar-refractivity contribution in [2.24, 2.45) is 0 Å². The van der Waals surface area contributed by atoms with E-state index in [9.17, 15) is 4.79 Å². The number of benzene rings is 1. The van der Waals surface area contributed by atoms with Crippen molar-refractivity contribution in [3.63, 3.8) is 0 Å². The maximum Gasteiger partial charge on any atom is 0.252 e. The molecule has 4 nitrogen and oxygen atoms in total. The largest absolute Gasteiger partial charge is 0.379 e. The molecule has 1 aromatic rings. The molecule has 1 aliphatic heterocycles. The zero-order valence-corrected chi connectivity index (χ0v) is 13.4. The number of morpholine rings is 1. The van der Waals surface area contributed by atoms with E-state index >= 15 is 0 Å². The first kappa shape index (κ1) is 16.6. The number of hydrogen-bond donors (Lipinski definition) is 1. The van der Waals surface area contributed by atoms with Crippen LogP contribution < -0.4 is 5.32 Å². The maximum atomic E-state index is 12.0. The van der Waals surface area contributed by atoms with Crippen LogP contribution in [0.5, 0.6) is 0 Å². The van der Waals surface area contributed by atoms with Crippen molar-refractivity contribution in [2.45, 2.75) is 12.8 Å². The Morgan fingerprint density at radius 2 is 2.00 bits per heavy atom. The average Bonchev–Trinajstić information content (AvgIpc) is 2.47. The Morgan fingerprint density at radius 3 is 2.71 bits per heavy atom. The van der Waals surface area contributed by atoms with Crippen molar-refractivity contribution in [1.29, 1.82) is 0 Å². The number of rotatable bonds is 6. The maximum absolute atomic E-state index is 12.0. The fourth-order valence-corrected chi connectivity index (χ4v) is 2.75. The summed E-state index contributed by atoms with van der Waals surface area (Å²) in [5.41, 5.74) is 0.467. The Balaban J connectivity index is 1.64. The van der Waals surface area contributed by atoms with Crippen LogP contribution in [0.1, 0.15) is 23.2 Å². The summed E-state index contributed by atoms with van der Waals surface area (Å²) in [7, 11) is 0. The van der Waals surface area contributed by atoms with Crippen LogP contribution in [0.2, 0.25) is 10.0 Å². The van der Waals surface area contributed by atoms with Gasteiger partial charge in [-0.15, -0.1) is 0 Å². The third kappa shape index (κ3) is 5.47. The Morgan fingerprint density at radius 1 is 1.24 bits per heavy atom. The van der Waals surface area contributed by atoms with E-state index in [4.69, 9.17) is 27.9 Å². The van der Waals surface area contributed by atoms with Crippen molar-refractivity contribution in [3.05, 3.63) is 33.8 Å². The second-order valence-corrected chi connectivity index (χ2v) is 5.88. The number of hydrogen-bond acceptors (Lipinski definition) is 3. The molecule has 1 aliphatic rings. The lowest BCUT2D eigenvalue weighted by Gasteiger charge is -2.26. The van der Waals surface area contributed by atoms with Gasteiger partial charge in [-0.3, -0.25) is 9.69 Å². The quantitative estimate of drug-likeness (QED) is 0.815. The van der Waals surface area contributed by atoms with Crippen LogP contribution in [-0.2, 0) is 4.74 Å². The standard InChI is InChI=1S/C15H20Cl2N2O2/c16-12-3-4-13(14(17)11-12)15(20)18-5-1-2-6-19-7-9-21-10-8-19/h3-4,11H,1-2,5-10H2,(H,18,20). The molecular formula is C15H20Cl2N2O2. The third-order valence-corrected chi connectivity index (χ3v) is 4.01. The van der Waals surface area contributed by atoms with Crippen LogP contribution in [0, 0.1) is 0 Å². The fraction of sp³-hybridized carbons (Fsp3) is 0.533.